The number of ether oxygens (including phenoxy) is 1. The van der Waals surface area contributed by atoms with Gasteiger partial charge in [-0.05, 0) is 31.6 Å². The molecule has 0 aromatic heterocycles. The smallest absolute Gasteiger partial charge is 0.317 e. The Bertz CT molecular complexity index is 246. The maximum absolute atomic E-state index is 11.8. The molecular weight excluding hydrogens is 216 g/mol. The Hall–Kier alpha value is -0.770. The van der Waals surface area contributed by atoms with Crippen LogP contribution in [0, 0.1) is 5.92 Å². The molecule has 4 heteroatoms. The van der Waals surface area contributed by atoms with Crippen molar-refractivity contribution >= 4 is 6.03 Å². The van der Waals surface area contributed by atoms with E-state index in [2.05, 4.69) is 5.32 Å². The molecule has 1 aliphatic carbocycles. The first-order valence-electron chi connectivity index (χ1n) is 6.86. The summed E-state index contributed by atoms with van der Waals surface area (Å²) in [6, 6.07) is 0.0485. The molecule has 1 atom stereocenters. The highest BCUT2D eigenvalue weighted by Crippen LogP contribution is 2.23. The van der Waals surface area contributed by atoms with Crippen molar-refractivity contribution in [2.45, 2.75) is 44.6 Å². The second-order valence-electron chi connectivity index (χ2n) is 5.35. The SMILES string of the molecule is CN(C[C@@H]1CCCO1)C(=O)NCC1CCCC1. The Labute approximate surface area is 104 Å². The van der Waals surface area contributed by atoms with Gasteiger partial charge in [0.2, 0.25) is 0 Å². The Morgan fingerprint density at radius 3 is 2.71 bits per heavy atom. The van der Waals surface area contributed by atoms with Gasteiger partial charge < -0.3 is 15.0 Å². The predicted molar refractivity (Wildman–Crippen MR) is 67.0 cm³/mol. The van der Waals surface area contributed by atoms with Gasteiger partial charge in [-0.25, -0.2) is 4.79 Å². The molecule has 0 radical (unpaired) electrons. The van der Waals surface area contributed by atoms with Gasteiger partial charge in [0.15, 0.2) is 0 Å². The summed E-state index contributed by atoms with van der Waals surface area (Å²) in [5, 5.41) is 3.03. The van der Waals surface area contributed by atoms with E-state index in [0.29, 0.717) is 5.92 Å². The lowest BCUT2D eigenvalue weighted by Gasteiger charge is -2.22. The van der Waals surface area contributed by atoms with E-state index in [1.54, 1.807) is 4.90 Å². The van der Waals surface area contributed by atoms with Gasteiger partial charge in [-0.2, -0.15) is 0 Å². The van der Waals surface area contributed by atoms with E-state index in [1.807, 2.05) is 7.05 Å². The van der Waals surface area contributed by atoms with Gasteiger partial charge in [-0.1, -0.05) is 12.8 Å². The normalized spacial score (nSPS) is 25.1. The van der Waals surface area contributed by atoms with Crippen LogP contribution in [0.2, 0.25) is 0 Å². The van der Waals surface area contributed by atoms with Gasteiger partial charge in [0.1, 0.15) is 0 Å². The van der Waals surface area contributed by atoms with Gasteiger partial charge >= 0.3 is 6.03 Å². The molecule has 2 fully saturated rings. The van der Waals surface area contributed by atoms with E-state index in [-0.39, 0.29) is 12.1 Å². The number of carbonyl (C=O) groups excluding carboxylic acids is 1. The minimum atomic E-state index is 0.0485. The quantitative estimate of drug-likeness (QED) is 0.816. The van der Waals surface area contributed by atoms with Crippen LogP contribution in [-0.4, -0.2) is 43.8 Å². The molecule has 0 aromatic carbocycles. The van der Waals surface area contributed by atoms with Crippen LogP contribution >= 0.6 is 0 Å². The zero-order valence-electron chi connectivity index (χ0n) is 10.8. The van der Waals surface area contributed by atoms with E-state index in [0.717, 1.165) is 32.5 Å². The topological polar surface area (TPSA) is 41.6 Å². The van der Waals surface area contributed by atoms with Crippen molar-refractivity contribution in [3.8, 4) is 0 Å². The van der Waals surface area contributed by atoms with Crippen LogP contribution in [0.25, 0.3) is 0 Å². The second-order valence-corrected chi connectivity index (χ2v) is 5.35. The number of carbonyl (C=O) groups is 1. The lowest BCUT2D eigenvalue weighted by atomic mass is 10.1. The molecule has 0 aromatic rings. The predicted octanol–water partition coefficient (Wildman–Crippen LogP) is 2.00. The summed E-state index contributed by atoms with van der Waals surface area (Å²) < 4.78 is 5.53. The Morgan fingerprint density at radius 2 is 2.06 bits per heavy atom. The molecule has 1 saturated carbocycles. The van der Waals surface area contributed by atoms with Crippen LogP contribution in [0.3, 0.4) is 0 Å². The average Bonchev–Trinajstić information content (AvgIpc) is 2.98. The van der Waals surface area contributed by atoms with Gasteiger partial charge in [-0.15, -0.1) is 0 Å². The molecule has 1 heterocycles. The summed E-state index contributed by atoms with van der Waals surface area (Å²) in [7, 11) is 1.85. The number of likely N-dealkylation sites (N-methyl/N-ethyl adjacent to an activating group) is 1. The van der Waals surface area contributed by atoms with Gasteiger partial charge in [0, 0.05) is 26.7 Å². The molecule has 98 valence electrons. The molecule has 0 spiro atoms. The minimum absolute atomic E-state index is 0.0485. The van der Waals surface area contributed by atoms with Crippen molar-refractivity contribution in [1.29, 1.82) is 0 Å². The highest BCUT2D eigenvalue weighted by atomic mass is 16.5. The molecular formula is C13H24N2O2. The summed E-state index contributed by atoms with van der Waals surface area (Å²) in [5.41, 5.74) is 0. The first kappa shape index (κ1) is 12.7. The van der Waals surface area contributed by atoms with Crippen LogP contribution in [0.15, 0.2) is 0 Å². The molecule has 1 saturated heterocycles. The number of hydrogen-bond donors (Lipinski definition) is 1. The molecule has 2 amide bonds. The first-order chi connectivity index (χ1) is 8.25. The number of urea groups is 1. The zero-order chi connectivity index (χ0) is 12.1. The highest BCUT2D eigenvalue weighted by Gasteiger charge is 2.21. The van der Waals surface area contributed by atoms with Crippen LogP contribution < -0.4 is 5.32 Å². The van der Waals surface area contributed by atoms with Gasteiger partial charge in [0.25, 0.3) is 0 Å². The third kappa shape index (κ3) is 3.87. The van der Waals surface area contributed by atoms with Crippen LogP contribution in [0.5, 0.6) is 0 Å². The standard InChI is InChI=1S/C13H24N2O2/c1-15(10-12-7-4-8-17-12)13(16)14-9-11-5-2-3-6-11/h11-12H,2-10H2,1H3,(H,14,16)/t12-/m0/s1. The van der Waals surface area contributed by atoms with Crippen molar-refractivity contribution in [3.63, 3.8) is 0 Å². The number of nitrogens with zero attached hydrogens (tertiary/aromatic N) is 1. The van der Waals surface area contributed by atoms with Gasteiger partial charge in [-0.3, -0.25) is 0 Å². The Morgan fingerprint density at radius 1 is 1.29 bits per heavy atom. The summed E-state index contributed by atoms with van der Waals surface area (Å²) >= 11 is 0. The Balaban J connectivity index is 1.63. The van der Waals surface area contributed by atoms with Crippen molar-refractivity contribution < 1.29 is 9.53 Å². The largest absolute Gasteiger partial charge is 0.376 e. The van der Waals surface area contributed by atoms with E-state index in [1.165, 1.54) is 25.7 Å². The summed E-state index contributed by atoms with van der Waals surface area (Å²) in [6.07, 6.45) is 7.66. The molecule has 1 N–H and O–H groups in total. The molecule has 2 rings (SSSR count). The monoisotopic (exact) mass is 240 g/mol. The fraction of sp³-hybridized carbons (Fsp3) is 0.923. The maximum Gasteiger partial charge on any atom is 0.317 e. The first-order valence-corrected chi connectivity index (χ1v) is 6.86. The average molecular weight is 240 g/mol. The zero-order valence-corrected chi connectivity index (χ0v) is 10.8. The number of amides is 2. The third-order valence-electron chi connectivity index (χ3n) is 3.86. The lowest BCUT2D eigenvalue weighted by Crippen LogP contribution is -2.42. The van der Waals surface area contributed by atoms with Gasteiger partial charge in [0.05, 0.1) is 6.10 Å². The molecule has 1 aliphatic heterocycles. The number of rotatable bonds is 4. The van der Waals surface area contributed by atoms with E-state index >= 15 is 0 Å². The van der Waals surface area contributed by atoms with Crippen LogP contribution in [0.4, 0.5) is 4.79 Å². The fourth-order valence-electron chi connectivity index (χ4n) is 2.76. The van der Waals surface area contributed by atoms with E-state index in [9.17, 15) is 4.79 Å². The third-order valence-corrected chi connectivity index (χ3v) is 3.86. The van der Waals surface area contributed by atoms with E-state index < -0.39 is 0 Å². The number of nitrogens with one attached hydrogen (secondary N) is 1. The lowest BCUT2D eigenvalue weighted by molar-refractivity contribution is 0.0873. The second kappa shape index (κ2) is 6.24. The highest BCUT2D eigenvalue weighted by molar-refractivity contribution is 5.73. The number of hydrogen-bond acceptors (Lipinski definition) is 2. The molecule has 4 nitrogen and oxygen atoms in total. The Kier molecular flexibility index (Phi) is 4.66. The molecule has 2 aliphatic rings. The molecule has 0 unspecified atom stereocenters. The van der Waals surface area contributed by atoms with Crippen LogP contribution in [-0.2, 0) is 4.74 Å². The van der Waals surface area contributed by atoms with Crippen molar-refractivity contribution in [2.75, 3.05) is 26.7 Å². The minimum Gasteiger partial charge on any atom is -0.376 e. The van der Waals surface area contributed by atoms with Crippen molar-refractivity contribution in [3.05, 3.63) is 0 Å². The van der Waals surface area contributed by atoms with Crippen molar-refractivity contribution in [2.24, 2.45) is 5.92 Å². The fourth-order valence-corrected chi connectivity index (χ4v) is 2.76. The molecule has 0 bridgehead atoms. The summed E-state index contributed by atoms with van der Waals surface area (Å²) in [4.78, 5) is 13.6. The summed E-state index contributed by atoms with van der Waals surface area (Å²) in [5.74, 6) is 0.704. The summed E-state index contributed by atoms with van der Waals surface area (Å²) in [6.45, 7) is 2.41. The van der Waals surface area contributed by atoms with E-state index in [4.69, 9.17) is 4.74 Å². The van der Waals surface area contributed by atoms with Crippen LogP contribution in [0.1, 0.15) is 38.5 Å². The molecule has 17 heavy (non-hydrogen) atoms. The van der Waals surface area contributed by atoms with Crippen molar-refractivity contribution in [1.82, 2.24) is 10.2 Å². The maximum atomic E-state index is 11.8.